The Morgan fingerprint density at radius 3 is 2.57 bits per heavy atom. The van der Waals surface area contributed by atoms with Gasteiger partial charge in [0.2, 0.25) is 0 Å². The number of benzene rings is 2. The molecule has 4 aromatic rings. The third-order valence-electron chi connectivity index (χ3n) is 4.70. The van der Waals surface area contributed by atoms with Gasteiger partial charge in [0.1, 0.15) is 17.4 Å². The second-order valence-electron chi connectivity index (χ2n) is 6.80. The minimum Gasteiger partial charge on any atom is -0.424 e. The average molecular weight is 399 g/mol. The molecule has 0 amide bonds. The number of ether oxygens (including phenoxy) is 1. The van der Waals surface area contributed by atoms with Crippen LogP contribution in [0.15, 0.2) is 60.9 Å². The number of aromatic nitrogens is 4. The molecule has 7 heteroatoms. The number of nitrogens with zero attached hydrogens (tertiary/aromatic N) is 5. The molecule has 0 spiro atoms. The van der Waals surface area contributed by atoms with Gasteiger partial charge in [-0.15, -0.1) is 0 Å². The number of hydrogen-bond donors (Lipinski definition) is 0. The van der Waals surface area contributed by atoms with Crippen LogP contribution in [0.1, 0.15) is 29.5 Å². The van der Waals surface area contributed by atoms with Crippen LogP contribution in [0.5, 0.6) is 11.8 Å². The Balaban J connectivity index is 1.62. The Hall–Kier alpha value is -3.87. The molecular weight excluding hydrogens is 378 g/mol. The summed E-state index contributed by atoms with van der Waals surface area (Å²) in [5.41, 5.74) is 2.27. The van der Waals surface area contributed by atoms with E-state index in [4.69, 9.17) is 4.74 Å². The predicted molar refractivity (Wildman–Crippen MR) is 116 cm³/mol. The fourth-order valence-corrected chi connectivity index (χ4v) is 3.13. The van der Waals surface area contributed by atoms with Crippen molar-refractivity contribution in [2.45, 2.75) is 20.3 Å². The zero-order valence-corrected chi connectivity index (χ0v) is 17.0. The normalized spacial score (nSPS) is 10.8. The lowest BCUT2D eigenvalue weighted by molar-refractivity contribution is 0.0987. The molecule has 0 N–H and O–H groups in total. The van der Waals surface area contributed by atoms with Gasteiger partial charge in [0.15, 0.2) is 5.78 Å². The second-order valence-corrected chi connectivity index (χ2v) is 6.80. The molecule has 0 atom stereocenters. The van der Waals surface area contributed by atoms with E-state index in [-0.39, 0.29) is 11.8 Å². The number of para-hydroxylation sites is 1. The summed E-state index contributed by atoms with van der Waals surface area (Å²) in [4.78, 5) is 31.1. The number of rotatable bonds is 6. The summed E-state index contributed by atoms with van der Waals surface area (Å²) in [6.07, 6.45) is 3.38. The molecule has 2 aromatic heterocycles. The fraction of sp³-hybridized carbons (Fsp3) is 0.174. The highest BCUT2D eigenvalue weighted by atomic mass is 16.5. The van der Waals surface area contributed by atoms with Crippen molar-refractivity contribution >= 4 is 28.2 Å². The summed E-state index contributed by atoms with van der Waals surface area (Å²) >= 11 is 0. The van der Waals surface area contributed by atoms with Crippen molar-refractivity contribution in [3.05, 3.63) is 72.3 Å². The maximum Gasteiger partial charge on any atom is 0.321 e. The summed E-state index contributed by atoms with van der Waals surface area (Å²) < 4.78 is 5.79. The summed E-state index contributed by atoms with van der Waals surface area (Å²) in [6, 6.07) is 15.7. The van der Waals surface area contributed by atoms with E-state index >= 15 is 0 Å². The molecule has 30 heavy (non-hydrogen) atoms. The van der Waals surface area contributed by atoms with Gasteiger partial charge in [0, 0.05) is 43.0 Å². The number of hydrogen-bond acceptors (Lipinski definition) is 7. The van der Waals surface area contributed by atoms with Crippen LogP contribution >= 0.6 is 0 Å². The number of ketones is 1. The third-order valence-corrected chi connectivity index (χ3v) is 4.70. The van der Waals surface area contributed by atoms with Gasteiger partial charge in [-0.3, -0.25) is 4.79 Å². The van der Waals surface area contributed by atoms with Crippen LogP contribution in [-0.2, 0) is 0 Å². The van der Waals surface area contributed by atoms with Gasteiger partial charge < -0.3 is 9.64 Å². The van der Waals surface area contributed by atoms with E-state index in [1.807, 2.05) is 67.4 Å². The van der Waals surface area contributed by atoms with Crippen LogP contribution in [0.25, 0.3) is 10.9 Å². The molecule has 0 aliphatic rings. The third kappa shape index (κ3) is 3.96. The quantitative estimate of drug-likeness (QED) is 0.427. The van der Waals surface area contributed by atoms with Gasteiger partial charge in [0.25, 0.3) is 0 Å². The fourth-order valence-electron chi connectivity index (χ4n) is 3.13. The van der Waals surface area contributed by atoms with Crippen LogP contribution in [0.4, 0.5) is 11.5 Å². The van der Waals surface area contributed by atoms with E-state index in [1.54, 1.807) is 6.92 Å². The number of fused-ring (bicyclic) bond motifs is 1. The minimum absolute atomic E-state index is 0.00227. The number of carbonyl (C=O) groups excluding carboxylic acids is 1. The largest absolute Gasteiger partial charge is 0.424 e. The molecule has 0 saturated heterocycles. The first-order valence-corrected chi connectivity index (χ1v) is 9.65. The van der Waals surface area contributed by atoms with E-state index in [0.29, 0.717) is 23.6 Å². The van der Waals surface area contributed by atoms with E-state index < -0.39 is 0 Å². The van der Waals surface area contributed by atoms with Crippen LogP contribution in [-0.4, -0.2) is 32.8 Å². The van der Waals surface area contributed by atoms with Gasteiger partial charge in [-0.2, -0.15) is 0 Å². The molecule has 7 nitrogen and oxygen atoms in total. The van der Waals surface area contributed by atoms with Crippen molar-refractivity contribution in [3.63, 3.8) is 0 Å². The van der Waals surface area contributed by atoms with E-state index in [1.165, 1.54) is 12.4 Å². The molecule has 0 bridgehead atoms. The van der Waals surface area contributed by atoms with Crippen molar-refractivity contribution in [2.24, 2.45) is 0 Å². The first-order valence-electron chi connectivity index (χ1n) is 9.65. The predicted octanol–water partition coefficient (Wildman–Crippen LogP) is 4.88. The molecule has 2 heterocycles. The highest BCUT2D eigenvalue weighted by Gasteiger charge is 2.13. The molecule has 0 aliphatic heterocycles. The van der Waals surface area contributed by atoms with Crippen LogP contribution in [0.2, 0.25) is 0 Å². The zero-order chi connectivity index (χ0) is 21.1. The van der Waals surface area contributed by atoms with E-state index in [2.05, 4.69) is 19.9 Å². The Bertz CT molecular complexity index is 1210. The van der Waals surface area contributed by atoms with E-state index in [0.717, 1.165) is 22.4 Å². The van der Waals surface area contributed by atoms with Crippen molar-refractivity contribution < 1.29 is 9.53 Å². The van der Waals surface area contributed by atoms with Crippen molar-refractivity contribution in [1.29, 1.82) is 0 Å². The molecule has 150 valence electrons. The molecule has 0 fully saturated rings. The van der Waals surface area contributed by atoms with Gasteiger partial charge in [-0.05, 0) is 31.2 Å². The lowest BCUT2D eigenvalue weighted by Crippen LogP contribution is -2.13. The Kier molecular flexibility index (Phi) is 5.34. The molecule has 0 radical (unpaired) electrons. The standard InChI is InChI=1S/C23H21N5O2/c1-4-21(29)16-13-24-23(25-14-16)30-18-9-7-8-17(12-18)28(3)22-19-10-5-6-11-20(19)26-15(2)27-22/h5-14H,4H2,1-3H3. The number of Topliss-reactive ketones (excluding diaryl/α,β-unsaturated/α-hetero) is 1. The second kappa shape index (κ2) is 8.24. The first kappa shape index (κ1) is 19.4. The Morgan fingerprint density at radius 1 is 1.03 bits per heavy atom. The molecule has 2 aromatic carbocycles. The van der Waals surface area contributed by atoms with Crippen LogP contribution in [0, 0.1) is 6.92 Å². The highest BCUT2D eigenvalue weighted by Crippen LogP contribution is 2.31. The molecule has 0 aliphatic carbocycles. The monoisotopic (exact) mass is 399 g/mol. The smallest absolute Gasteiger partial charge is 0.321 e. The SMILES string of the molecule is CCC(=O)c1cnc(Oc2cccc(N(C)c3nc(C)nc4ccccc34)c2)nc1. The summed E-state index contributed by atoms with van der Waals surface area (Å²) in [5, 5.41) is 0.969. The lowest BCUT2D eigenvalue weighted by Gasteiger charge is -2.21. The number of aryl methyl sites for hydroxylation is 1. The Labute approximate surface area is 174 Å². The average Bonchev–Trinajstić information content (AvgIpc) is 2.78. The molecule has 4 rings (SSSR count). The summed E-state index contributed by atoms with van der Waals surface area (Å²) in [7, 11) is 1.95. The lowest BCUT2D eigenvalue weighted by atomic mass is 10.2. The first-order chi connectivity index (χ1) is 14.5. The Morgan fingerprint density at radius 2 is 1.80 bits per heavy atom. The topological polar surface area (TPSA) is 81.1 Å². The molecule has 0 saturated carbocycles. The van der Waals surface area contributed by atoms with Gasteiger partial charge in [0.05, 0.1) is 11.1 Å². The van der Waals surface area contributed by atoms with Gasteiger partial charge in [-0.25, -0.2) is 19.9 Å². The van der Waals surface area contributed by atoms with Crippen molar-refractivity contribution in [1.82, 2.24) is 19.9 Å². The molecular formula is C23H21N5O2. The minimum atomic E-state index is -0.00227. The maximum absolute atomic E-state index is 11.7. The van der Waals surface area contributed by atoms with Gasteiger partial charge in [-0.1, -0.05) is 25.1 Å². The highest BCUT2D eigenvalue weighted by molar-refractivity contribution is 5.95. The van der Waals surface area contributed by atoms with Crippen molar-refractivity contribution in [2.75, 3.05) is 11.9 Å². The van der Waals surface area contributed by atoms with Crippen LogP contribution < -0.4 is 9.64 Å². The zero-order valence-electron chi connectivity index (χ0n) is 17.0. The van der Waals surface area contributed by atoms with E-state index in [9.17, 15) is 4.79 Å². The number of carbonyl (C=O) groups is 1. The summed E-state index contributed by atoms with van der Waals surface area (Å²) in [5.74, 6) is 2.11. The number of anilines is 2. The summed E-state index contributed by atoms with van der Waals surface area (Å²) in [6.45, 7) is 3.69. The maximum atomic E-state index is 11.7. The molecule has 0 unspecified atom stereocenters. The van der Waals surface area contributed by atoms with Crippen molar-refractivity contribution in [3.8, 4) is 11.8 Å². The van der Waals surface area contributed by atoms with Gasteiger partial charge >= 0.3 is 6.01 Å². The van der Waals surface area contributed by atoms with Crippen LogP contribution in [0.3, 0.4) is 0 Å².